The van der Waals surface area contributed by atoms with Gasteiger partial charge in [0.15, 0.2) is 0 Å². The fraction of sp³-hybridized carbons (Fsp3) is 0.944. The first-order valence-corrected chi connectivity index (χ1v) is 9.17. The van der Waals surface area contributed by atoms with Crippen molar-refractivity contribution in [2.75, 3.05) is 33.4 Å². The quantitative estimate of drug-likeness (QED) is 0.864. The molecule has 4 aliphatic carbocycles. The molecule has 0 aromatic heterocycles. The zero-order valence-corrected chi connectivity index (χ0v) is 13.9. The summed E-state index contributed by atoms with van der Waals surface area (Å²) in [6.07, 6.45) is 9.13. The van der Waals surface area contributed by atoms with Gasteiger partial charge in [-0.3, -0.25) is 4.79 Å². The Bertz CT molecular complexity index is 396. The van der Waals surface area contributed by atoms with Gasteiger partial charge in [-0.05, 0) is 61.7 Å². The van der Waals surface area contributed by atoms with Gasteiger partial charge < -0.3 is 15.0 Å². The molecule has 5 fully saturated rings. The number of amides is 1. The number of carbonyl (C=O) groups is 1. The second-order valence-corrected chi connectivity index (χ2v) is 8.60. The average Bonchev–Trinajstić information content (AvgIpc) is 2.46. The topological polar surface area (TPSA) is 41.6 Å². The number of nitrogens with zero attached hydrogens (tertiary/aromatic N) is 1. The van der Waals surface area contributed by atoms with Crippen LogP contribution in [-0.4, -0.2) is 50.2 Å². The maximum Gasteiger partial charge on any atom is 0.223 e. The van der Waals surface area contributed by atoms with Crippen molar-refractivity contribution in [1.82, 2.24) is 10.2 Å². The van der Waals surface area contributed by atoms with Gasteiger partial charge in [0.1, 0.15) is 0 Å². The molecule has 4 saturated carbocycles. The van der Waals surface area contributed by atoms with E-state index in [-0.39, 0.29) is 6.04 Å². The Labute approximate surface area is 134 Å². The van der Waals surface area contributed by atoms with Gasteiger partial charge in [-0.25, -0.2) is 0 Å². The summed E-state index contributed by atoms with van der Waals surface area (Å²) >= 11 is 0. The normalized spacial score (nSPS) is 43.3. The first-order valence-electron chi connectivity index (χ1n) is 9.17. The monoisotopic (exact) mass is 306 g/mol. The summed E-state index contributed by atoms with van der Waals surface area (Å²) < 4.78 is 5.46. The molecule has 0 aromatic rings. The van der Waals surface area contributed by atoms with E-state index in [9.17, 15) is 4.79 Å². The van der Waals surface area contributed by atoms with E-state index in [1.807, 2.05) is 11.9 Å². The van der Waals surface area contributed by atoms with E-state index >= 15 is 0 Å². The summed E-state index contributed by atoms with van der Waals surface area (Å²) in [5, 5.41) is 3.39. The molecule has 1 saturated heterocycles. The number of hydrogen-bond acceptors (Lipinski definition) is 3. The predicted octanol–water partition coefficient (Wildman–Crippen LogP) is 2.04. The van der Waals surface area contributed by atoms with Crippen molar-refractivity contribution in [2.24, 2.45) is 23.2 Å². The molecular formula is C18H30N2O2. The van der Waals surface area contributed by atoms with Crippen LogP contribution in [0.3, 0.4) is 0 Å². The smallest absolute Gasteiger partial charge is 0.223 e. The molecule has 4 bridgehead atoms. The zero-order chi connectivity index (χ0) is 15.2. The van der Waals surface area contributed by atoms with E-state index in [4.69, 9.17) is 4.74 Å². The lowest BCUT2D eigenvalue weighted by molar-refractivity contribution is -0.136. The van der Waals surface area contributed by atoms with Crippen molar-refractivity contribution in [3.05, 3.63) is 0 Å². The van der Waals surface area contributed by atoms with Gasteiger partial charge in [-0.15, -0.1) is 0 Å². The summed E-state index contributed by atoms with van der Waals surface area (Å²) in [5.41, 5.74) is 0.454. The molecule has 4 nitrogen and oxygen atoms in total. The van der Waals surface area contributed by atoms with Gasteiger partial charge in [0.2, 0.25) is 5.91 Å². The van der Waals surface area contributed by atoms with Crippen LogP contribution >= 0.6 is 0 Å². The number of carbonyl (C=O) groups excluding carboxylic acids is 1. The van der Waals surface area contributed by atoms with Crippen LogP contribution in [0.25, 0.3) is 0 Å². The average molecular weight is 306 g/mol. The first kappa shape index (κ1) is 14.9. The first-order chi connectivity index (χ1) is 10.6. The Balaban J connectivity index is 1.35. The Kier molecular flexibility index (Phi) is 3.93. The van der Waals surface area contributed by atoms with Gasteiger partial charge in [-0.1, -0.05) is 0 Å². The number of ether oxygens (including phenoxy) is 1. The van der Waals surface area contributed by atoms with Crippen molar-refractivity contribution in [2.45, 2.75) is 51.0 Å². The lowest BCUT2D eigenvalue weighted by Crippen LogP contribution is -2.52. The van der Waals surface area contributed by atoms with Crippen molar-refractivity contribution >= 4 is 5.91 Å². The number of morpholine rings is 1. The molecule has 1 N–H and O–H groups in total. The highest BCUT2D eigenvalue weighted by Gasteiger charge is 2.51. The molecule has 22 heavy (non-hydrogen) atoms. The van der Waals surface area contributed by atoms with Crippen molar-refractivity contribution in [1.29, 1.82) is 0 Å². The van der Waals surface area contributed by atoms with E-state index in [1.165, 1.54) is 38.5 Å². The fourth-order valence-corrected chi connectivity index (χ4v) is 6.19. The maximum atomic E-state index is 12.6. The van der Waals surface area contributed by atoms with Crippen molar-refractivity contribution in [3.8, 4) is 0 Å². The summed E-state index contributed by atoms with van der Waals surface area (Å²) in [6, 6.07) is 0.208. The second kappa shape index (κ2) is 5.79. The van der Waals surface area contributed by atoms with E-state index in [2.05, 4.69) is 5.32 Å². The molecule has 0 aromatic carbocycles. The highest BCUT2D eigenvalue weighted by molar-refractivity contribution is 5.76. The number of nitrogens with one attached hydrogen (secondary N) is 1. The minimum absolute atomic E-state index is 0.208. The summed E-state index contributed by atoms with van der Waals surface area (Å²) in [4.78, 5) is 14.6. The SMILES string of the molecule is CN(CC12CC3CC(CC(C3)C1)C2)C(=O)CC1COCCN1. The lowest BCUT2D eigenvalue weighted by atomic mass is 9.49. The van der Waals surface area contributed by atoms with E-state index in [0.29, 0.717) is 24.3 Å². The van der Waals surface area contributed by atoms with Gasteiger partial charge in [0.05, 0.1) is 13.2 Å². The Morgan fingerprint density at radius 1 is 1.18 bits per heavy atom. The molecule has 0 radical (unpaired) electrons. The van der Waals surface area contributed by atoms with Crippen LogP contribution in [0.5, 0.6) is 0 Å². The molecule has 5 rings (SSSR count). The van der Waals surface area contributed by atoms with Crippen LogP contribution in [0.2, 0.25) is 0 Å². The fourth-order valence-electron chi connectivity index (χ4n) is 6.19. The van der Waals surface area contributed by atoms with Crippen LogP contribution in [0, 0.1) is 23.2 Å². The van der Waals surface area contributed by atoms with Gasteiger partial charge in [0.25, 0.3) is 0 Å². The minimum Gasteiger partial charge on any atom is -0.378 e. The minimum atomic E-state index is 0.208. The Morgan fingerprint density at radius 2 is 1.82 bits per heavy atom. The van der Waals surface area contributed by atoms with Crippen molar-refractivity contribution in [3.63, 3.8) is 0 Å². The Morgan fingerprint density at radius 3 is 2.36 bits per heavy atom. The van der Waals surface area contributed by atoms with E-state index in [0.717, 1.165) is 37.5 Å². The number of rotatable bonds is 4. The van der Waals surface area contributed by atoms with Crippen molar-refractivity contribution < 1.29 is 9.53 Å². The second-order valence-electron chi connectivity index (χ2n) is 8.60. The molecule has 0 spiro atoms. The third-order valence-electron chi connectivity index (χ3n) is 6.58. The zero-order valence-electron chi connectivity index (χ0n) is 13.9. The molecule has 1 heterocycles. The summed E-state index contributed by atoms with van der Waals surface area (Å²) in [6.45, 7) is 3.31. The highest BCUT2D eigenvalue weighted by atomic mass is 16.5. The van der Waals surface area contributed by atoms with Crippen LogP contribution < -0.4 is 5.32 Å². The summed E-state index contributed by atoms with van der Waals surface area (Å²) in [5.74, 6) is 3.17. The molecule has 5 aliphatic rings. The predicted molar refractivity (Wildman–Crippen MR) is 85.5 cm³/mol. The molecule has 4 heteroatoms. The number of hydrogen-bond donors (Lipinski definition) is 1. The Hall–Kier alpha value is -0.610. The lowest BCUT2D eigenvalue weighted by Gasteiger charge is -2.57. The molecule has 1 aliphatic heterocycles. The van der Waals surface area contributed by atoms with Crippen LogP contribution in [0.4, 0.5) is 0 Å². The van der Waals surface area contributed by atoms with Crippen LogP contribution in [-0.2, 0) is 9.53 Å². The standard InChI is InChI=1S/C18H30N2O2/c1-20(17(21)7-16-11-22-3-2-19-16)12-18-8-13-4-14(9-18)6-15(5-13)10-18/h13-16,19H,2-12H2,1H3. The molecule has 1 atom stereocenters. The molecule has 1 amide bonds. The van der Waals surface area contributed by atoms with Gasteiger partial charge in [-0.2, -0.15) is 0 Å². The third kappa shape index (κ3) is 2.92. The van der Waals surface area contributed by atoms with E-state index in [1.54, 1.807) is 0 Å². The molecular weight excluding hydrogens is 276 g/mol. The third-order valence-corrected chi connectivity index (χ3v) is 6.58. The molecule has 124 valence electrons. The van der Waals surface area contributed by atoms with Crippen LogP contribution in [0.15, 0.2) is 0 Å². The van der Waals surface area contributed by atoms with Crippen LogP contribution in [0.1, 0.15) is 44.9 Å². The summed E-state index contributed by atoms with van der Waals surface area (Å²) in [7, 11) is 2.02. The van der Waals surface area contributed by atoms with E-state index < -0.39 is 0 Å². The maximum absolute atomic E-state index is 12.6. The van der Waals surface area contributed by atoms with Gasteiger partial charge in [0, 0.05) is 32.6 Å². The molecule has 1 unspecified atom stereocenters. The highest BCUT2D eigenvalue weighted by Crippen LogP contribution is 2.60. The van der Waals surface area contributed by atoms with Gasteiger partial charge >= 0.3 is 0 Å². The largest absolute Gasteiger partial charge is 0.378 e.